The third-order valence-corrected chi connectivity index (χ3v) is 4.46. The van der Waals surface area contributed by atoms with Crippen molar-refractivity contribution in [3.63, 3.8) is 0 Å². The van der Waals surface area contributed by atoms with Gasteiger partial charge in [-0.15, -0.1) is 12.4 Å². The van der Waals surface area contributed by atoms with Crippen molar-refractivity contribution in [3.05, 3.63) is 35.4 Å². The highest BCUT2D eigenvalue weighted by molar-refractivity contribution is 5.94. The zero-order chi connectivity index (χ0) is 19.9. The van der Waals surface area contributed by atoms with Gasteiger partial charge < -0.3 is 10.6 Å². The molecule has 1 aromatic rings. The molecule has 1 atom stereocenters. The van der Waals surface area contributed by atoms with Crippen molar-refractivity contribution in [3.8, 4) is 0 Å². The van der Waals surface area contributed by atoms with Crippen LogP contribution >= 0.6 is 12.4 Å². The molecular formula is C18H26ClF3N4O2. The fraction of sp³-hybridized carbons (Fsp3) is 0.556. The maximum absolute atomic E-state index is 12.1. The number of hydrogen-bond donors (Lipinski definition) is 3. The van der Waals surface area contributed by atoms with Crippen molar-refractivity contribution in [2.24, 2.45) is 0 Å². The monoisotopic (exact) mass is 422 g/mol. The Morgan fingerprint density at radius 3 is 2.54 bits per heavy atom. The minimum atomic E-state index is -4.51. The number of benzene rings is 1. The number of rotatable bonds is 6. The Bertz CT molecular complexity index is 641. The largest absolute Gasteiger partial charge is 0.405 e. The Balaban J connectivity index is 0.00000392. The van der Waals surface area contributed by atoms with Gasteiger partial charge in [0, 0.05) is 38.6 Å². The Hall–Kier alpha value is -1.84. The van der Waals surface area contributed by atoms with Crippen LogP contribution in [0.2, 0.25) is 0 Å². The molecule has 0 bridgehead atoms. The van der Waals surface area contributed by atoms with E-state index in [0.29, 0.717) is 6.54 Å². The van der Waals surface area contributed by atoms with Gasteiger partial charge in [0.15, 0.2) is 0 Å². The summed E-state index contributed by atoms with van der Waals surface area (Å²) in [7, 11) is 0. The van der Waals surface area contributed by atoms with E-state index >= 15 is 0 Å². The molecule has 1 saturated heterocycles. The lowest BCUT2D eigenvalue weighted by Gasteiger charge is -2.36. The zero-order valence-corrected chi connectivity index (χ0v) is 16.5. The molecule has 28 heavy (non-hydrogen) atoms. The molecule has 158 valence electrons. The first-order valence-electron chi connectivity index (χ1n) is 8.96. The summed E-state index contributed by atoms with van der Waals surface area (Å²) in [6, 6.07) is 7.29. The van der Waals surface area contributed by atoms with E-state index in [4.69, 9.17) is 0 Å². The van der Waals surface area contributed by atoms with Crippen LogP contribution in [0.1, 0.15) is 30.5 Å². The van der Waals surface area contributed by atoms with E-state index in [1.54, 1.807) is 5.32 Å². The maximum Gasteiger partial charge on any atom is 0.405 e. The number of amides is 3. The molecule has 1 aliphatic rings. The topological polar surface area (TPSA) is 73.5 Å². The minimum absolute atomic E-state index is 0. The van der Waals surface area contributed by atoms with E-state index < -0.39 is 24.7 Å². The summed E-state index contributed by atoms with van der Waals surface area (Å²) in [5.74, 6) is -0.603. The average Bonchev–Trinajstić information content (AvgIpc) is 2.64. The van der Waals surface area contributed by atoms with Gasteiger partial charge in [-0.3, -0.25) is 15.0 Å². The number of hydrogen-bond acceptors (Lipinski definition) is 4. The second kappa shape index (κ2) is 11.2. The van der Waals surface area contributed by atoms with Crippen LogP contribution in [0.5, 0.6) is 0 Å². The first kappa shape index (κ1) is 24.2. The predicted octanol–water partition coefficient (Wildman–Crippen LogP) is 2.40. The summed E-state index contributed by atoms with van der Waals surface area (Å²) < 4.78 is 36.2. The van der Waals surface area contributed by atoms with Gasteiger partial charge in [0.05, 0.1) is 0 Å². The van der Waals surface area contributed by atoms with Crippen molar-refractivity contribution < 1.29 is 22.8 Å². The summed E-state index contributed by atoms with van der Waals surface area (Å²) in [5, 5.41) is 6.88. The Kier molecular flexibility index (Phi) is 9.71. The third-order valence-electron chi connectivity index (χ3n) is 4.46. The molecule has 3 N–H and O–H groups in total. The fourth-order valence-corrected chi connectivity index (χ4v) is 2.98. The normalized spacial score (nSPS) is 17.5. The number of alkyl halides is 3. The SMILES string of the molecule is CCc1ccc(C2CNCCN2CCC(=O)NC(=O)NCC(F)(F)F)cc1.Cl. The van der Waals surface area contributed by atoms with E-state index in [1.807, 2.05) is 5.32 Å². The molecule has 6 nitrogen and oxygen atoms in total. The summed E-state index contributed by atoms with van der Waals surface area (Å²) in [6.45, 7) is 3.32. The molecule has 0 spiro atoms. The minimum Gasteiger partial charge on any atom is -0.329 e. The van der Waals surface area contributed by atoms with Gasteiger partial charge in [-0.1, -0.05) is 31.2 Å². The zero-order valence-electron chi connectivity index (χ0n) is 15.6. The number of imide groups is 1. The number of carbonyl (C=O) groups is 2. The highest BCUT2D eigenvalue weighted by Crippen LogP contribution is 2.23. The van der Waals surface area contributed by atoms with Crippen molar-refractivity contribution in [1.29, 1.82) is 0 Å². The van der Waals surface area contributed by atoms with Gasteiger partial charge >= 0.3 is 12.2 Å². The molecule has 0 aromatic heterocycles. The predicted molar refractivity (Wildman–Crippen MR) is 102 cm³/mol. The highest BCUT2D eigenvalue weighted by Gasteiger charge is 2.28. The summed E-state index contributed by atoms with van der Waals surface area (Å²) >= 11 is 0. The fourth-order valence-electron chi connectivity index (χ4n) is 2.98. The van der Waals surface area contributed by atoms with Crippen LogP contribution in [0.4, 0.5) is 18.0 Å². The molecule has 0 radical (unpaired) electrons. The smallest absolute Gasteiger partial charge is 0.329 e. The quantitative estimate of drug-likeness (QED) is 0.658. The summed E-state index contributed by atoms with van der Waals surface area (Å²) in [5.41, 5.74) is 2.39. The maximum atomic E-state index is 12.1. The highest BCUT2D eigenvalue weighted by atomic mass is 35.5. The van der Waals surface area contributed by atoms with E-state index in [1.165, 1.54) is 5.56 Å². The number of nitrogens with zero attached hydrogens (tertiary/aromatic N) is 1. The van der Waals surface area contributed by atoms with Crippen molar-refractivity contribution >= 4 is 24.3 Å². The van der Waals surface area contributed by atoms with Crippen LogP contribution in [-0.2, 0) is 11.2 Å². The van der Waals surface area contributed by atoms with Crippen LogP contribution in [0.15, 0.2) is 24.3 Å². The van der Waals surface area contributed by atoms with E-state index in [0.717, 1.165) is 31.6 Å². The van der Waals surface area contributed by atoms with Crippen molar-refractivity contribution in [1.82, 2.24) is 20.9 Å². The summed E-state index contributed by atoms with van der Waals surface area (Å²) in [4.78, 5) is 25.3. The number of aryl methyl sites for hydroxylation is 1. The van der Waals surface area contributed by atoms with Gasteiger partial charge in [-0.2, -0.15) is 13.2 Å². The molecule has 0 aliphatic carbocycles. The van der Waals surface area contributed by atoms with Crippen LogP contribution in [0.25, 0.3) is 0 Å². The van der Waals surface area contributed by atoms with E-state index in [2.05, 4.69) is 41.4 Å². The molecule has 1 aromatic carbocycles. The lowest BCUT2D eigenvalue weighted by molar-refractivity contribution is -0.124. The Labute approximate surface area is 168 Å². The van der Waals surface area contributed by atoms with Gasteiger partial charge in [-0.25, -0.2) is 4.79 Å². The molecule has 1 fully saturated rings. The number of halogens is 4. The van der Waals surface area contributed by atoms with Crippen LogP contribution in [0, 0.1) is 0 Å². The lowest BCUT2D eigenvalue weighted by atomic mass is 10.0. The number of piperazine rings is 1. The van der Waals surface area contributed by atoms with Crippen LogP contribution in [-0.4, -0.2) is 55.7 Å². The van der Waals surface area contributed by atoms with Gasteiger partial charge in [0.25, 0.3) is 0 Å². The van der Waals surface area contributed by atoms with E-state index in [-0.39, 0.29) is 24.9 Å². The molecule has 1 heterocycles. The van der Waals surface area contributed by atoms with Gasteiger partial charge in [-0.05, 0) is 17.5 Å². The van der Waals surface area contributed by atoms with Crippen LogP contribution < -0.4 is 16.0 Å². The average molecular weight is 423 g/mol. The van der Waals surface area contributed by atoms with Gasteiger partial charge in [0.2, 0.25) is 5.91 Å². The Morgan fingerprint density at radius 1 is 1.25 bits per heavy atom. The van der Waals surface area contributed by atoms with E-state index in [9.17, 15) is 22.8 Å². The molecule has 0 saturated carbocycles. The second-order valence-electron chi connectivity index (χ2n) is 6.45. The lowest BCUT2D eigenvalue weighted by Crippen LogP contribution is -2.48. The first-order chi connectivity index (χ1) is 12.8. The molecule has 3 amide bonds. The van der Waals surface area contributed by atoms with Crippen molar-refractivity contribution in [2.45, 2.75) is 32.0 Å². The van der Waals surface area contributed by atoms with Gasteiger partial charge in [0.1, 0.15) is 6.54 Å². The molecule has 2 rings (SSSR count). The number of urea groups is 1. The van der Waals surface area contributed by atoms with Crippen LogP contribution in [0.3, 0.4) is 0 Å². The molecule has 10 heteroatoms. The summed E-state index contributed by atoms with van der Waals surface area (Å²) in [6.07, 6.45) is -3.52. The first-order valence-corrected chi connectivity index (χ1v) is 8.96. The van der Waals surface area contributed by atoms with Crippen molar-refractivity contribution in [2.75, 3.05) is 32.7 Å². The number of nitrogens with one attached hydrogen (secondary N) is 3. The second-order valence-corrected chi connectivity index (χ2v) is 6.45. The molecule has 1 aliphatic heterocycles. The standard InChI is InChI=1S/C18H25F3N4O2.ClH/c1-2-13-3-5-14(6-4-13)15-11-22-8-10-25(15)9-7-16(26)24-17(27)23-12-18(19,20)21;/h3-6,15,22H,2,7-12H2,1H3,(H2,23,24,26,27);1H. The molecule has 1 unspecified atom stereocenters. The Morgan fingerprint density at radius 2 is 1.93 bits per heavy atom. The molecular weight excluding hydrogens is 397 g/mol. The third kappa shape index (κ3) is 8.04. The number of carbonyl (C=O) groups excluding carboxylic acids is 2.